The Labute approximate surface area is 112 Å². The first-order chi connectivity index (χ1) is 7.97. The molecule has 1 atom stereocenters. The van der Waals surface area contributed by atoms with Gasteiger partial charge in [-0.25, -0.2) is 0 Å². The summed E-state index contributed by atoms with van der Waals surface area (Å²) in [5.41, 5.74) is -0.525. The van der Waals surface area contributed by atoms with Crippen LogP contribution in [0.3, 0.4) is 0 Å². The predicted octanol–water partition coefficient (Wildman–Crippen LogP) is 3.61. The zero-order valence-electron chi connectivity index (χ0n) is 10.4. The van der Waals surface area contributed by atoms with Gasteiger partial charge in [-0.15, -0.1) is 11.8 Å². The molecule has 1 N–H and O–H groups in total. The minimum atomic E-state index is -0.525. The van der Waals surface area contributed by atoms with Crippen molar-refractivity contribution in [2.45, 2.75) is 37.4 Å². The molecule has 0 amide bonds. The molecule has 1 unspecified atom stereocenters. The van der Waals surface area contributed by atoms with E-state index in [-0.39, 0.29) is 0 Å². The summed E-state index contributed by atoms with van der Waals surface area (Å²) in [5.74, 6) is 0.566. The van der Waals surface area contributed by atoms with Crippen LogP contribution in [0.2, 0.25) is 5.02 Å². The first-order valence-corrected chi connectivity index (χ1v) is 7.03. The van der Waals surface area contributed by atoms with E-state index in [4.69, 9.17) is 16.3 Å². The number of ether oxygens (including phenoxy) is 1. The minimum absolute atomic E-state index is 0.524. The van der Waals surface area contributed by atoms with Crippen molar-refractivity contribution in [2.75, 3.05) is 12.4 Å². The van der Waals surface area contributed by atoms with Crippen molar-refractivity contribution >= 4 is 23.4 Å². The van der Waals surface area contributed by atoms with E-state index in [1.807, 2.05) is 45.0 Å². The zero-order chi connectivity index (χ0) is 12.9. The standard InChI is InChI=1S/C13H19ClO2S/c1-4-16-13(2,3)12(15)9-17-11-8-6-5-7-10(11)14/h5-8,12,15H,4,9H2,1-3H3. The highest BCUT2D eigenvalue weighted by atomic mass is 35.5. The highest BCUT2D eigenvalue weighted by molar-refractivity contribution is 7.99. The van der Waals surface area contributed by atoms with E-state index in [1.54, 1.807) is 11.8 Å². The first-order valence-electron chi connectivity index (χ1n) is 5.66. The van der Waals surface area contributed by atoms with E-state index in [9.17, 15) is 5.11 Å². The van der Waals surface area contributed by atoms with E-state index in [2.05, 4.69) is 0 Å². The quantitative estimate of drug-likeness (QED) is 0.804. The third-order valence-corrected chi connectivity index (χ3v) is 4.14. The fourth-order valence-electron chi connectivity index (χ4n) is 1.40. The fourth-order valence-corrected chi connectivity index (χ4v) is 2.82. The van der Waals surface area contributed by atoms with Crippen molar-refractivity contribution in [3.8, 4) is 0 Å². The number of hydrogen-bond donors (Lipinski definition) is 1. The average Bonchev–Trinajstić information content (AvgIpc) is 2.27. The van der Waals surface area contributed by atoms with Gasteiger partial charge in [-0.05, 0) is 32.9 Å². The molecule has 0 heterocycles. The normalized spacial score (nSPS) is 13.7. The van der Waals surface area contributed by atoms with Crippen LogP contribution in [0, 0.1) is 0 Å². The maximum absolute atomic E-state index is 10.1. The predicted molar refractivity (Wildman–Crippen MR) is 73.9 cm³/mol. The van der Waals surface area contributed by atoms with Gasteiger partial charge >= 0.3 is 0 Å². The van der Waals surface area contributed by atoms with Crippen LogP contribution in [0.1, 0.15) is 20.8 Å². The Bertz CT molecular complexity index is 355. The lowest BCUT2D eigenvalue weighted by Gasteiger charge is -2.30. The second-order valence-electron chi connectivity index (χ2n) is 4.29. The second kappa shape index (κ2) is 6.64. The van der Waals surface area contributed by atoms with Crippen LogP contribution in [0.4, 0.5) is 0 Å². The fraction of sp³-hybridized carbons (Fsp3) is 0.538. The summed E-state index contributed by atoms with van der Waals surface area (Å²) in [6.45, 7) is 6.32. The lowest BCUT2D eigenvalue weighted by molar-refractivity contribution is -0.0867. The number of benzene rings is 1. The summed E-state index contributed by atoms with van der Waals surface area (Å²) in [7, 11) is 0. The van der Waals surface area contributed by atoms with Crippen LogP contribution in [-0.2, 0) is 4.74 Å². The van der Waals surface area contributed by atoms with Gasteiger partial charge in [0.25, 0.3) is 0 Å². The lowest BCUT2D eigenvalue weighted by Crippen LogP contribution is -2.40. The average molecular weight is 275 g/mol. The summed E-state index contributed by atoms with van der Waals surface area (Å²) >= 11 is 7.60. The summed E-state index contributed by atoms with van der Waals surface area (Å²) in [4.78, 5) is 0.987. The molecule has 2 nitrogen and oxygen atoms in total. The number of halogens is 1. The summed E-state index contributed by atoms with van der Waals surface area (Å²) in [6.07, 6.45) is -0.524. The van der Waals surface area contributed by atoms with Crippen molar-refractivity contribution in [1.29, 1.82) is 0 Å². The molecule has 0 saturated heterocycles. The van der Waals surface area contributed by atoms with Crippen molar-refractivity contribution in [3.63, 3.8) is 0 Å². The van der Waals surface area contributed by atoms with E-state index < -0.39 is 11.7 Å². The Hall–Kier alpha value is -0.220. The molecule has 1 rings (SSSR count). The lowest BCUT2D eigenvalue weighted by atomic mass is 10.0. The smallest absolute Gasteiger partial charge is 0.0918 e. The molecule has 0 bridgehead atoms. The molecule has 0 fully saturated rings. The number of rotatable bonds is 6. The second-order valence-corrected chi connectivity index (χ2v) is 5.76. The summed E-state index contributed by atoms with van der Waals surface area (Å²) < 4.78 is 5.51. The molecule has 0 spiro atoms. The first kappa shape index (κ1) is 14.8. The molecule has 96 valence electrons. The van der Waals surface area contributed by atoms with Crippen LogP contribution in [0.15, 0.2) is 29.2 Å². The van der Waals surface area contributed by atoms with Crippen LogP contribution in [0.5, 0.6) is 0 Å². The maximum Gasteiger partial charge on any atom is 0.0918 e. The van der Waals surface area contributed by atoms with Crippen LogP contribution >= 0.6 is 23.4 Å². The molecular formula is C13H19ClO2S. The van der Waals surface area contributed by atoms with Gasteiger partial charge < -0.3 is 9.84 Å². The summed E-state index contributed by atoms with van der Waals surface area (Å²) in [6, 6.07) is 7.64. The third kappa shape index (κ3) is 4.51. The monoisotopic (exact) mass is 274 g/mol. The van der Waals surface area contributed by atoms with E-state index in [0.29, 0.717) is 12.4 Å². The number of aliphatic hydroxyl groups is 1. The SMILES string of the molecule is CCOC(C)(C)C(O)CSc1ccccc1Cl. The van der Waals surface area contributed by atoms with Gasteiger partial charge in [0.1, 0.15) is 0 Å². The van der Waals surface area contributed by atoms with E-state index in [0.717, 1.165) is 9.92 Å². The Morgan fingerprint density at radius 1 is 1.41 bits per heavy atom. The molecule has 0 aliphatic heterocycles. The van der Waals surface area contributed by atoms with Crippen molar-refractivity contribution in [3.05, 3.63) is 29.3 Å². The molecule has 1 aromatic carbocycles. The Morgan fingerprint density at radius 3 is 2.65 bits per heavy atom. The maximum atomic E-state index is 10.1. The van der Waals surface area contributed by atoms with Gasteiger partial charge in [0.2, 0.25) is 0 Å². The van der Waals surface area contributed by atoms with Crippen LogP contribution < -0.4 is 0 Å². The Kier molecular flexibility index (Phi) is 5.80. The molecule has 1 aromatic rings. The number of hydrogen-bond acceptors (Lipinski definition) is 3. The van der Waals surface area contributed by atoms with Crippen LogP contribution in [0.25, 0.3) is 0 Å². The van der Waals surface area contributed by atoms with E-state index >= 15 is 0 Å². The number of thioether (sulfide) groups is 1. The van der Waals surface area contributed by atoms with Crippen LogP contribution in [-0.4, -0.2) is 29.2 Å². The van der Waals surface area contributed by atoms with E-state index in [1.165, 1.54) is 0 Å². The van der Waals surface area contributed by atoms with Crippen molar-refractivity contribution < 1.29 is 9.84 Å². The molecular weight excluding hydrogens is 256 g/mol. The molecule has 4 heteroatoms. The van der Waals surface area contributed by atoms with Gasteiger partial charge in [0, 0.05) is 17.3 Å². The molecule has 17 heavy (non-hydrogen) atoms. The van der Waals surface area contributed by atoms with Gasteiger partial charge in [-0.2, -0.15) is 0 Å². The van der Waals surface area contributed by atoms with Gasteiger partial charge in [0.05, 0.1) is 16.7 Å². The highest BCUT2D eigenvalue weighted by Crippen LogP contribution is 2.29. The summed E-state index contributed by atoms with van der Waals surface area (Å²) in [5, 5.41) is 10.8. The molecule has 0 radical (unpaired) electrons. The van der Waals surface area contributed by atoms with Crippen molar-refractivity contribution in [1.82, 2.24) is 0 Å². The van der Waals surface area contributed by atoms with Gasteiger partial charge in [0.15, 0.2) is 0 Å². The molecule has 0 aliphatic carbocycles. The third-order valence-electron chi connectivity index (χ3n) is 2.55. The Balaban J connectivity index is 2.54. The highest BCUT2D eigenvalue weighted by Gasteiger charge is 2.28. The molecule has 0 aromatic heterocycles. The Morgan fingerprint density at radius 2 is 2.06 bits per heavy atom. The van der Waals surface area contributed by atoms with Gasteiger partial charge in [-0.3, -0.25) is 0 Å². The largest absolute Gasteiger partial charge is 0.389 e. The number of aliphatic hydroxyl groups excluding tert-OH is 1. The van der Waals surface area contributed by atoms with Gasteiger partial charge in [-0.1, -0.05) is 23.7 Å². The van der Waals surface area contributed by atoms with Crippen molar-refractivity contribution in [2.24, 2.45) is 0 Å². The molecule has 0 saturated carbocycles. The topological polar surface area (TPSA) is 29.5 Å². The molecule has 0 aliphatic rings. The zero-order valence-corrected chi connectivity index (χ0v) is 12.0. The minimum Gasteiger partial charge on any atom is -0.389 e.